The van der Waals surface area contributed by atoms with Crippen LogP contribution in [0.2, 0.25) is 0 Å². The van der Waals surface area contributed by atoms with Crippen molar-refractivity contribution in [3.8, 4) is 0 Å². The van der Waals surface area contributed by atoms with Gasteiger partial charge in [0.15, 0.2) is 0 Å². The summed E-state index contributed by atoms with van der Waals surface area (Å²) in [6, 6.07) is 12.8. The number of fused-ring (bicyclic) bond motifs is 1. The fourth-order valence-electron chi connectivity index (χ4n) is 4.93. The van der Waals surface area contributed by atoms with Gasteiger partial charge in [-0.15, -0.1) is 0 Å². The van der Waals surface area contributed by atoms with E-state index in [0.29, 0.717) is 12.0 Å². The van der Waals surface area contributed by atoms with Crippen molar-refractivity contribution in [3.63, 3.8) is 0 Å². The van der Waals surface area contributed by atoms with Gasteiger partial charge in [-0.3, -0.25) is 9.78 Å². The smallest absolute Gasteiger partial charge is 0.242 e. The molecule has 3 aliphatic rings. The Morgan fingerprint density at radius 1 is 1.20 bits per heavy atom. The molecule has 2 aromatic rings. The monoisotopic (exact) mass is 333 g/mol. The number of likely N-dealkylation sites (tertiary alicyclic amines) is 1. The zero-order chi connectivity index (χ0) is 16.9. The number of benzene rings is 1. The molecule has 1 aromatic carbocycles. The summed E-state index contributed by atoms with van der Waals surface area (Å²) in [5, 5.41) is 0. The van der Waals surface area contributed by atoms with Gasteiger partial charge >= 0.3 is 0 Å². The summed E-state index contributed by atoms with van der Waals surface area (Å²) < 4.78 is 0. The Morgan fingerprint density at radius 3 is 2.84 bits per heavy atom. The van der Waals surface area contributed by atoms with Gasteiger partial charge in [-0.05, 0) is 42.5 Å². The molecular formula is C21H23N3O. The van der Waals surface area contributed by atoms with Crippen LogP contribution >= 0.6 is 0 Å². The molecule has 25 heavy (non-hydrogen) atoms. The number of hydrogen-bond donors (Lipinski definition) is 0. The van der Waals surface area contributed by atoms with Gasteiger partial charge in [0.2, 0.25) is 5.91 Å². The zero-order valence-corrected chi connectivity index (χ0v) is 14.4. The number of carbonyl (C=O) groups excluding carboxylic acids is 1. The lowest BCUT2D eigenvalue weighted by Crippen LogP contribution is -2.64. The van der Waals surface area contributed by atoms with Gasteiger partial charge in [0.25, 0.3) is 0 Å². The molecule has 1 aliphatic carbocycles. The fourth-order valence-corrected chi connectivity index (χ4v) is 4.93. The van der Waals surface area contributed by atoms with E-state index in [9.17, 15) is 4.79 Å². The standard InChI is InChI=1S/C21H23N3O/c25-19(14-23-12-8-16-5-1-2-7-18(16)23)24-15-21(9-4-10-21)20(24)17-6-3-11-22-13-17/h1-3,5-7,11,13,20H,4,8-10,12,14-15H2. The number of pyridine rings is 1. The van der Waals surface area contributed by atoms with Crippen molar-refractivity contribution in [3.05, 3.63) is 59.9 Å². The summed E-state index contributed by atoms with van der Waals surface area (Å²) in [6.07, 6.45) is 8.56. The first-order chi connectivity index (χ1) is 12.3. The molecule has 0 radical (unpaired) electrons. The maximum absolute atomic E-state index is 13.1. The molecule has 1 amide bonds. The van der Waals surface area contributed by atoms with E-state index in [4.69, 9.17) is 0 Å². The van der Waals surface area contributed by atoms with Gasteiger partial charge in [-0.2, -0.15) is 0 Å². The van der Waals surface area contributed by atoms with Crippen LogP contribution in [0.15, 0.2) is 48.8 Å². The van der Waals surface area contributed by atoms with Crippen molar-refractivity contribution in [2.45, 2.75) is 31.7 Å². The topological polar surface area (TPSA) is 36.4 Å². The summed E-state index contributed by atoms with van der Waals surface area (Å²) in [5.74, 6) is 0.253. The highest BCUT2D eigenvalue weighted by Crippen LogP contribution is 2.60. The summed E-state index contributed by atoms with van der Waals surface area (Å²) in [7, 11) is 0. The molecule has 1 saturated carbocycles. The highest BCUT2D eigenvalue weighted by molar-refractivity contribution is 5.84. The van der Waals surface area contributed by atoms with Crippen molar-refractivity contribution in [1.29, 1.82) is 0 Å². The van der Waals surface area contributed by atoms with E-state index < -0.39 is 0 Å². The van der Waals surface area contributed by atoms with E-state index in [0.717, 1.165) is 19.5 Å². The number of para-hydroxylation sites is 1. The van der Waals surface area contributed by atoms with Crippen LogP contribution in [0.25, 0.3) is 0 Å². The number of nitrogens with zero attached hydrogens (tertiary/aromatic N) is 3. The Morgan fingerprint density at radius 2 is 2.08 bits per heavy atom. The normalized spacial score (nSPS) is 23.1. The molecule has 128 valence electrons. The highest BCUT2D eigenvalue weighted by atomic mass is 16.2. The van der Waals surface area contributed by atoms with Gasteiger partial charge in [0.05, 0.1) is 12.6 Å². The first-order valence-electron chi connectivity index (χ1n) is 9.29. The first kappa shape index (κ1) is 14.9. The first-order valence-corrected chi connectivity index (χ1v) is 9.29. The Balaban J connectivity index is 1.36. The van der Waals surface area contributed by atoms with Crippen molar-refractivity contribution in [1.82, 2.24) is 9.88 Å². The van der Waals surface area contributed by atoms with Crippen molar-refractivity contribution in [2.24, 2.45) is 5.41 Å². The maximum atomic E-state index is 13.1. The molecular weight excluding hydrogens is 310 g/mol. The second-order valence-corrected chi connectivity index (χ2v) is 7.73. The van der Waals surface area contributed by atoms with Crippen LogP contribution < -0.4 is 4.90 Å². The lowest BCUT2D eigenvalue weighted by molar-refractivity contribution is -0.167. The van der Waals surface area contributed by atoms with Crippen LogP contribution in [0.4, 0.5) is 5.69 Å². The number of rotatable bonds is 3. The summed E-state index contributed by atoms with van der Waals surface area (Å²) in [6.45, 7) is 2.35. The van der Waals surface area contributed by atoms with Gasteiger partial charge < -0.3 is 9.80 Å². The average Bonchev–Trinajstić information content (AvgIpc) is 2.97. The number of carbonyl (C=O) groups is 1. The van der Waals surface area contributed by atoms with E-state index in [2.05, 4.69) is 45.1 Å². The second-order valence-electron chi connectivity index (χ2n) is 7.73. The largest absolute Gasteiger partial charge is 0.362 e. The predicted molar refractivity (Wildman–Crippen MR) is 97.3 cm³/mol. The van der Waals surface area contributed by atoms with Crippen LogP contribution in [0.5, 0.6) is 0 Å². The Labute approximate surface area is 148 Å². The van der Waals surface area contributed by atoms with Crippen LogP contribution in [0, 0.1) is 5.41 Å². The number of anilines is 1. The molecule has 1 spiro atoms. The Bertz CT molecular complexity index is 800. The Kier molecular flexibility index (Phi) is 3.34. The third kappa shape index (κ3) is 2.27. The van der Waals surface area contributed by atoms with E-state index in [1.807, 2.05) is 18.5 Å². The molecule has 1 saturated heterocycles. The minimum Gasteiger partial charge on any atom is -0.362 e. The van der Waals surface area contributed by atoms with Crippen LogP contribution in [-0.2, 0) is 11.2 Å². The molecule has 3 heterocycles. The molecule has 1 unspecified atom stereocenters. The SMILES string of the molecule is O=C(CN1CCc2ccccc21)N1CC2(CCC2)C1c1cccnc1. The highest BCUT2D eigenvalue weighted by Gasteiger charge is 2.57. The van der Waals surface area contributed by atoms with Crippen LogP contribution in [-0.4, -0.2) is 35.4 Å². The fraction of sp³-hybridized carbons (Fsp3) is 0.429. The molecule has 1 aromatic heterocycles. The second kappa shape index (κ2) is 5.58. The van der Waals surface area contributed by atoms with Crippen LogP contribution in [0.3, 0.4) is 0 Å². The molecule has 4 nitrogen and oxygen atoms in total. The van der Waals surface area contributed by atoms with Gasteiger partial charge in [-0.25, -0.2) is 0 Å². The van der Waals surface area contributed by atoms with Crippen LogP contribution in [0.1, 0.15) is 36.4 Å². The van der Waals surface area contributed by atoms with Gasteiger partial charge in [-0.1, -0.05) is 30.7 Å². The number of aromatic nitrogens is 1. The number of hydrogen-bond acceptors (Lipinski definition) is 3. The summed E-state index contributed by atoms with van der Waals surface area (Å²) in [4.78, 5) is 21.7. The van der Waals surface area contributed by atoms with Gasteiger partial charge in [0.1, 0.15) is 0 Å². The molecule has 0 bridgehead atoms. The minimum absolute atomic E-state index is 0.222. The van der Waals surface area contributed by atoms with E-state index in [1.165, 1.54) is 36.1 Å². The molecule has 1 atom stereocenters. The molecule has 0 N–H and O–H groups in total. The number of amides is 1. The lowest BCUT2D eigenvalue weighted by atomic mass is 9.56. The third-order valence-corrected chi connectivity index (χ3v) is 6.36. The Hall–Kier alpha value is -2.36. The van der Waals surface area contributed by atoms with E-state index >= 15 is 0 Å². The average molecular weight is 333 g/mol. The molecule has 5 rings (SSSR count). The summed E-state index contributed by atoms with van der Waals surface area (Å²) in [5.41, 5.74) is 4.11. The zero-order valence-electron chi connectivity index (χ0n) is 14.4. The summed E-state index contributed by atoms with van der Waals surface area (Å²) >= 11 is 0. The lowest BCUT2D eigenvalue weighted by Gasteiger charge is -2.62. The van der Waals surface area contributed by atoms with E-state index in [-0.39, 0.29) is 11.9 Å². The molecule has 2 aliphatic heterocycles. The third-order valence-electron chi connectivity index (χ3n) is 6.36. The minimum atomic E-state index is 0.222. The van der Waals surface area contributed by atoms with Crippen molar-refractivity contribution >= 4 is 11.6 Å². The van der Waals surface area contributed by atoms with E-state index in [1.54, 1.807) is 0 Å². The van der Waals surface area contributed by atoms with Gasteiger partial charge in [0, 0.05) is 36.6 Å². The molecule has 4 heteroatoms. The van der Waals surface area contributed by atoms with Crippen molar-refractivity contribution < 1.29 is 4.79 Å². The quantitative estimate of drug-likeness (QED) is 0.865. The molecule has 2 fully saturated rings. The predicted octanol–water partition coefficient (Wildman–Crippen LogP) is 3.20. The van der Waals surface area contributed by atoms with Crippen molar-refractivity contribution in [2.75, 3.05) is 24.5 Å². The maximum Gasteiger partial charge on any atom is 0.242 e.